The normalized spacial score (nSPS) is 11.3. The maximum absolute atomic E-state index is 13.0. The average Bonchev–Trinajstić information content (AvgIpc) is 2.27. The fourth-order valence-corrected chi connectivity index (χ4v) is 1.22. The Morgan fingerprint density at radius 2 is 2.00 bits per heavy atom. The number of nitrogens with one attached hydrogen (secondary N) is 1. The molecule has 5 N–H and O–H groups in total. The van der Waals surface area contributed by atoms with Crippen LogP contribution in [-0.2, 0) is 0 Å². The molecule has 0 aliphatic carbocycles. The SMILES string of the molecule is CC(CO)(CO)NC(=O)c1cc(N)cc(F)c1. The molecule has 0 heterocycles. The second-order valence-electron chi connectivity index (χ2n) is 4.10. The molecule has 0 atom stereocenters. The minimum absolute atomic E-state index is 0.0376. The van der Waals surface area contributed by atoms with E-state index >= 15 is 0 Å². The van der Waals surface area contributed by atoms with Gasteiger partial charge in [0.15, 0.2) is 0 Å². The van der Waals surface area contributed by atoms with E-state index in [4.69, 9.17) is 15.9 Å². The van der Waals surface area contributed by atoms with E-state index in [-0.39, 0.29) is 11.3 Å². The maximum Gasteiger partial charge on any atom is 0.252 e. The highest BCUT2D eigenvalue weighted by Crippen LogP contribution is 2.12. The summed E-state index contributed by atoms with van der Waals surface area (Å²) >= 11 is 0. The molecule has 1 aromatic carbocycles. The fraction of sp³-hybridized carbons (Fsp3) is 0.364. The molecule has 0 aromatic heterocycles. The number of nitrogens with two attached hydrogens (primary N) is 1. The Morgan fingerprint density at radius 3 is 2.47 bits per heavy atom. The van der Waals surface area contributed by atoms with Gasteiger partial charge < -0.3 is 21.3 Å². The number of anilines is 1. The van der Waals surface area contributed by atoms with Crippen LogP contribution in [0.1, 0.15) is 17.3 Å². The zero-order valence-electron chi connectivity index (χ0n) is 9.40. The van der Waals surface area contributed by atoms with Crippen LogP contribution in [0.4, 0.5) is 10.1 Å². The molecular formula is C11H15FN2O3. The number of amides is 1. The van der Waals surface area contributed by atoms with E-state index < -0.39 is 30.5 Å². The Kier molecular flexibility index (Phi) is 4.03. The van der Waals surface area contributed by atoms with Crippen LogP contribution in [0.15, 0.2) is 18.2 Å². The summed E-state index contributed by atoms with van der Waals surface area (Å²) in [6, 6.07) is 3.43. The van der Waals surface area contributed by atoms with E-state index in [9.17, 15) is 9.18 Å². The van der Waals surface area contributed by atoms with Crippen LogP contribution < -0.4 is 11.1 Å². The highest BCUT2D eigenvalue weighted by Gasteiger charge is 2.25. The van der Waals surface area contributed by atoms with Gasteiger partial charge in [0.2, 0.25) is 0 Å². The average molecular weight is 242 g/mol. The summed E-state index contributed by atoms with van der Waals surface area (Å²) in [6.07, 6.45) is 0. The number of nitrogen functional groups attached to an aromatic ring is 1. The molecule has 5 nitrogen and oxygen atoms in total. The summed E-state index contributed by atoms with van der Waals surface area (Å²) in [5, 5.41) is 20.4. The summed E-state index contributed by atoms with van der Waals surface area (Å²) in [5.74, 6) is -1.23. The van der Waals surface area contributed by atoms with Crippen molar-refractivity contribution < 1.29 is 19.4 Å². The molecule has 1 rings (SSSR count). The number of benzene rings is 1. The number of rotatable bonds is 4. The second-order valence-corrected chi connectivity index (χ2v) is 4.10. The molecule has 0 aliphatic rings. The molecular weight excluding hydrogens is 227 g/mol. The molecule has 0 fully saturated rings. The summed E-state index contributed by atoms with van der Waals surface area (Å²) < 4.78 is 13.0. The van der Waals surface area contributed by atoms with E-state index in [1.807, 2.05) is 0 Å². The molecule has 17 heavy (non-hydrogen) atoms. The zero-order chi connectivity index (χ0) is 13.1. The lowest BCUT2D eigenvalue weighted by Crippen LogP contribution is -2.51. The van der Waals surface area contributed by atoms with Gasteiger partial charge in [-0.1, -0.05) is 0 Å². The van der Waals surface area contributed by atoms with Crippen LogP contribution >= 0.6 is 0 Å². The van der Waals surface area contributed by atoms with Gasteiger partial charge in [-0.2, -0.15) is 0 Å². The third-order valence-electron chi connectivity index (χ3n) is 2.30. The first-order valence-electron chi connectivity index (χ1n) is 5.00. The van der Waals surface area contributed by atoms with E-state index in [1.165, 1.54) is 13.0 Å². The topological polar surface area (TPSA) is 95.6 Å². The Morgan fingerprint density at radius 1 is 1.41 bits per heavy atom. The molecule has 0 bridgehead atoms. The zero-order valence-corrected chi connectivity index (χ0v) is 9.40. The van der Waals surface area contributed by atoms with Gasteiger partial charge in [-0.3, -0.25) is 4.79 Å². The number of aliphatic hydroxyl groups is 2. The number of carbonyl (C=O) groups excluding carboxylic acids is 1. The number of halogens is 1. The van der Waals surface area contributed by atoms with Gasteiger partial charge in [-0.15, -0.1) is 0 Å². The van der Waals surface area contributed by atoms with E-state index in [0.717, 1.165) is 12.1 Å². The van der Waals surface area contributed by atoms with Gasteiger partial charge >= 0.3 is 0 Å². The molecule has 0 saturated carbocycles. The van der Waals surface area contributed by atoms with Crippen LogP contribution in [0.25, 0.3) is 0 Å². The lowest BCUT2D eigenvalue weighted by Gasteiger charge is -2.26. The van der Waals surface area contributed by atoms with Gasteiger partial charge in [0.1, 0.15) is 5.82 Å². The quantitative estimate of drug-likeness (QED) is 0.553. The highest BCUT2D eigenvalue weighted by atomic mass is 19.1. The number of aliphatic hydroxyl groups excluding tert-OH is 2. The molecule has 94 valence electrons. The monoisotopic (exact) mass is 242 g/mol. The van der Waals surface area contributed by atoms with Crippen molar-refractivity contribution in [3.05, 3.63) is 29.6 Å². The molecule has 0 saturated heterocycles. The molecule has 6 heteroatoms. The summed E-state index contributed by atoms with van der Waals surface area (Å²) in [6.45, 7) is 0.605. The van der Waals surface area contributed by atoms with Crippen LogP contribution in [0.2, 0.25) is 0 Å². The van der Waals surface area contributed by atoms with Crippen molar-refractivity contribution in [2.45, 2.75) is 12.5 Å². The Labute approximate surface area is 98.1 Å². The van der Waals surface area contributed by atoms with Crippen LogP contribution in [0.3, 0.4) is 0 Å². The molecule has 0 aliphatic heterocycles. The highest BCUT2D eigenvalue weighted by molar-refractivity contribution is 5.95. The van der Waals surface area contributed by atoms with E-state index in [1.54, 1.807) is 0 Å². The molecule has 0 unspecified atom stereocenters. The first-order valence-corrected chi connectivity index (χ1v) is 5.00. The minimum atomic E-state index is -1.15. The summed E-state index contributed by atoms with van der Waals surface area (Å²) in [7, 11) is 0. The third-order valence-corrected chi connectivity index (χ3v) is 2.30. The second kappa shape index (κ2) is 5.11. The Bertz CT molecular complexity index is 399. The predicted octanol–water partition coefficient (Wildman–Crippen LogP) is -0.119. The van der Waals surface area contributed by atoms with Gasteiger partial charge in [-0.05, 0) is 25.1 Å². The molecule has 1 amide bonds. The van der Waals surface area contributed by atoms with Gasteiger partial charge in [0.25, 0.3) is 5.91 Å². The van der Waals surface area contributed by atoms with Crippen molar-refractivity contribution in [3.63, 3.8) is 0 Å². The number of hydrogen-bond donors (Lipinski definition) is 4. The third kappa shape index (κ3) is 3.40. The Hall–Kier alpha value is -1.66. The van der Waals surface area contributed by atoms with Gasteiger partial charge in [-0.25, -0.2) is 4.39 Å². The van der Waals surface area contributed by atoms with E-state index in [0.29, 0.717) is 0 Å². The predicted molar refractivity (Wildman–Crippen MR) is 60.9 cm³/mol. The summed E-state index contributed by atoms with van der Waals surface area (Å²) in [5.41, 5.74) is 4.42. The van der Waals surface area contributed by atoms with Crippen LogP contribution in [0.5, 0.6) is 0 Å². The van der Waals surface area contributed by atoms with E-state index in [2.05, 4.69) is 5.32 Å². The van der Waals surface area contributed by atoms with Crippen molar-refractivity contribution in [3.8, 4) is 0 Å². The standard InChI is InChI=1S/C11H15FN2O3/c1-11(5-15,6-16)14-10(17)7-2-8(12)4-9(13)3-7/h2-4,15-16H,5-6,13H2,1H3,(H,14,17). The smallest absolute Gasteiger partial charge is 0.252 e. The van der Waals surface area contributed by atoms with Crippen molar-refractivity contribution in [1.29, 1.82) is 0 Å². The van der Waals surface area contributed by atoms with Crippen molar-refractivity contribution in [2.75, 3.05) is 18.9 Å². The van der Waals surface area contributed by atoms with Crippen molar-refractivity contribution in [2.24, 2.45) is 0 Å². The lowest BCUT2D eigenvalue weighted by atomic mass is 10.0. The first-order chi connectivity index (χ1) is 7.90. The largest absolute Gasteiger partial charge is 0.399 e. The Balaban J connectivity index is 2.90. The lowest BCUT2D eigenvalue weighted by molar-refractivity contribution is 0.0723. The fourth-order valence-electron chi connectivity index (χ4n) is 1.22. The molecule has 0 spiro atoms. The van der Waals surface area contributed by atoms with Crippen LogP contribution in [-0.4, -0.2) is 34.9 Å². The van der Waals surface area contributed by atoms with Gasteiger partial charge in [0, 0.05) is 11.3 Å². The molecule has 1 aromatic rings. The minimum Gasteiger partial charge on any atom is -0.399 e. The number of carbonyl (C=O) groups is 1. The van der Waals surface area contributed by atoms with Gasteiger partial charge in [0.05, 0.1) is 18.8 Å². The first kappa shape index (κ1) is 13.4. The molecule has 0 radical (unpaired) electrons. The van der Waals surface area contributed by atoms with Crippen molar-refractivity contribution >= 4 is 11.6 Å². The maximum atomic E-state index is 13.0. The number of hydrogen-bond acceptors (Lipinski definition) is 4. The van der Waals surface area contributed by atoms with Crippen LogP contribution in [0, 0.1) is 5.82 Å². The van der Waals surface area contributed by atoms with Crippen molar-refractivity contribution in [1.82, 2.24) is 5.32 Å². The summed E-state index contributed by atoms with van der Waals surface area (Å²) in [4.78, 5) is 11.7.